The summed E-state index contributed by atoms with van der Waals surface area (Å²) in [4.78, 5) is 0. The molecule has 1 aliphatic rings. The van der Waals surface area contributed by atoms with E-state index in [4.69, 9.17) is 4.74 Å². The summed E-state index contributed by atoms with van der Waals surface area (Å²) in [6, 6.07) is 21.6. The molecule has 0 spiro atoms. The lowest BCUT2D eigenvalue weighted by molar-refractivity contribution is 0.129. The van der Waals surface area contributed by atoms with E-state index in [0.717, 1.165) is 48.3 Å². The van der Waals surface area contributed by atoms with Gasteiger partial charge in [0.05, 0.1) is 11.8 Å². The molecule has 0 radical (unpaired) electrons. The number of rotatable bonds is 6. The third-order valence-corrected chi connectivity index (χ3v) is 7.01. The largest absolute Gasteiger partial charge is 0.377 e. The van der Waals surface area contributed by atoms with Crippen molar-refractivity contribution in [3.63, 3.8) is 0 Å². The Bertz CT molecular complexity index is 1210. The van der Waals surface area contributed by atoms with Crippen molar-refractivity contribution in [2.45, 2.75) is 44.4 Å². The molecule has 0 N–H and O–H groups in total. The molecule has 1 saturated heterocycles. The average Bonchev–Trinajstić information content (AvgIpc) is 3.43. The molecular weight excluding hydrogens is 402 g/mol. The maximum atomic E-state index is 5.83. The number of nitrogens with zero attached hydrogens (tertiary/aromatic N) is 3. The Morgan fingerprint density at radius 1 is 1.03 bits per heavy atom. The van der Waals surface area contributed by atoms with Crippen LogP contribution in [0.1, 0.15) is 35.4 Å². The molecule has 3 aromatic carbocycles. The molecule has 2 heterocycles. The molecule has 5 rings (SSSR count). The van der Waals surface area contributed by atoms with Gasteiger partial charge in [-0.15, -0.1) is 10.2 Å². The third-order valence-electron chi connectivity index (χ3n) is 5.94. The van der Waals surface area contributed by atoms with Gasteiger partial charge in [-0.05, 0) is 54.7 Å². The van der Waals surface area contributed by atoms with Gasteiger partial charge in [0.1, 0.15) is 5.82 Å². The van der Waals surface area contributed by atoms with Crippen LogP contribution in [0.2, 0.25) is 0 Å². The highest BCUT2D eigenvalue weighted by atomic mass is 32.2. The third kappa shape index (κ3) is 4.25. The van der Waals surface area contributed by atoms with Crippen LogP contribution in [-0.2, 0) is 11.2 Å². The van der Waals surface area contributed by atoms with Crippen molar-refractivity contribution in [3.05, 3.63) is 83.2 Å². The Morgan fingerprint density at radius 2 is 1.90 bits per heavy atom. The van der Waals surface area contributed by atoms with E-state index in [1.165, 1.54) is 27.5 Å². The summed E-state index contributed by atoms with van der Waals surface area (Å²) in [5.74, 6) is 1.88. The summed E-state index contributed by atoms with van der Waals surface area (Å²) >= 11 is 1.75. The summed E-state index contributed by atoms with van der Waals surface area (Å²) in [6.07, 6.45) is 3.34. The molecule has 0 bridgehead atoms. The minimum Gasteiger partial charge on any atom is -0.377 e. The number of fused-ring (bicyclic) bond motifs is 1. The van der Waals surface area contributed by atoms with Gasteiger partial charge in [-0.3, -0.25) is 4.57 Å². The number of aryl methyl sites for hydroxylation is 2. The maximum Gasteiger partial charge on any atom is 0.195 e. The second kappa shape index (κ2) is 8.85. The summed E-state index contributed by atoms with van der Waals surface area (Å²) in [6.45, 7) is 5.17. The van der Waals surface area contributed by atoms with Crippen molar-refractivity contribution in [1.82, 2.24) is 14.8 Å². The van der Waals surface area contributed by atoms with Gasteiger partial charge in [0.25, 0.3) is 0 Å². The van der Waals surface area contributed by atoms with Crippen LogP contribution in [0.5, 0.6) is 0 Å². The van der Waals surface area contributed by atoms with Gasteiger partial charge in [0.15, 0.2) is 5.16 Å². The SMILES string of the molecule is Cc1ccc(-n2c(Cc3cccc4ccccc34)nnc2SCC2CCCO2)c(C)c1. The molecule has 1 unspecified atom stereocenters. The van der Waals surface area contributed by atoms with Gasteiger partial charge >= 0.3 is 0 Å². The number of benzene rings is 3. The zero-order chi connectivity index (χ0) is 21.2. The van der Waals surface area contributed by atoms with Crippen molar-refractivity contribution >= 4 is 22.5 Å². The Labute approximate surface area is 187 Å². The summed E-state index contributed by atoms with van der Waals surface area (Å²) in [5, 5.41) is 12.7. The van der Waals surface area contributed by atoms with E-state index >= 15 is 0 Å². The minimum absolute atomic E-state index is 0.316. The van der Waals surface area contributed by atoms with Crippen molar-refractivity contribution in [1.29, 1.82) is 0 Å². The Morgan fingerprint density at radius 3 is 2.74 bits per heavy atom. The molecule has 4 aromatic rings. The molecule has 1 fully saturated rings. The number of hydrogen-bond donors (Lipinski definition) is 0. The fraction of sp³-hybridized carbons (Fsp3) is 0.308. The van der Waals surface area contributed by atoms with Gasteiger partial charge in [0.2, 0.25) is 0 Å². The van der Waals surface area contributed by atoms with Crippen molar-refractivity contribution in [2.24, 2.45) is 0 Å². The highest BCUT2D eigenvalue weighted by molar-refractivity contribution is 7.99. The first-order valence-corrected chi connectivity index (χ1v) is 11.9. The van der Waals surface area contributed by atoms with Gasteiger partial charge in [-0.1, -0.05) is 71.9 Å². The van der Waals surface area contributed by atoms with E-state index in [2.05, 4.69) is 89.3 Å². The lowest BCUT2D eigenvalue weighted by Gasteiger charge is -2.15. The molecule has 1 aliphatic heterocycles. The first-order valence-electron chi connectivity index (χ1n) is 10.9. The molecule has 158 valence electrons. The van der Waals surface area contributed by atoms with Crippen LogP contribution in [0.25, 0.3) is 16.5 Å². The first kappa shape index (κ1) is 20.3. The quantitative estimate of drug-likeness (QED) is 0.358. The molecule has 5 heteroatoms. The average molecular weight is 430 g/mol. The summed E-state index contributed by atoms with van der Waals surface area (Å²) in [7, 11) is 0. The van der Waals surface area contributed by atoms with Crippen LogP contribution in [0.4, 0.5) is 0 Å². The van der Waals surface area contributed by atoms with E-state index in [1.54, 1.807) is 11.8 Å². The molecule has 4 nitrogen and oxygen atoms in total. The van der Waals surface area contributed by atoms with E-state index < -0.39 is 0 Å². The van der Waals surface area contributed by atoms with Gasteiger partial charge < -0.3 is 4.74 Å². The minimum atomic E-state index is 0.316. The molecular formula is C26H27N3OS. The Kier molecular flexibility index (Phi) is 5.79. The standard InChI is InChI=1S/C26H27N3OS/c1-18-12-13-24(19(2)15-18)29-25(27-28-26(29)31-17-22-10-6-14-30-22)16-21-9-5-8-20-7-3-4-11-23(20)21/h3-5,7-9,11-13,15,22H,6,10,14,16-17H2,1-2H3. The highest BCUT2D eigenvalue weighted by Gasteiger charge is 2.21. The lowest BCUT2D eigenvalue weighted by Crippen LogP contribution is -2.10. The smallest absolute Gasteiger partial charge is 0.195 e. The monoisotopic (exact) mass is 429 g/mol. The van der Waals surface area contributed by atoms with E-state index in [0.29, 0.717) is 6.10 Å². The predicted molar refractivity (Wildman–Crippen MR) is 127 cm³/mol. The fourth-order valence-corrected chi connectivity index (χ4v) is 5.40. The van der Waals surface area contributed by atoms with Crippen LogP contribution < -0.4 is 0 Å². The normalized spacial score (nSPS) is 16.3. The second-order valence-electron chi connectivity index (χ2n) is 8.29. The number of aromatic nitrogens is 3. The van der Waals surface area contributed by atoms with Crippen LogP contribution in [0.3, 0.4) is 0 Å². The fourth-order valence-electron chi connectivity index (χ4n) is 4.37. The van der Waals surface area contributed by atoms with E-state index in [-0.39, 0.29) is 0 Å². The molecule has 1 aromatic heterocycles. The Hall–Kier alpha value is -2.63. The van der Waals surface area contributed by atoms with E-state index in [9.17, 15) is 0 Å². The zero-order valence-electron chi connectivity index (χ0n) is 18.0. The molecule has 31 heavy (non-hydrogen) atoms. The molecule has 0 amide bonds. The van der Waals surface area contributed by atoms with Gasteiger partial charge in [-0.2, -0.15) is 0 Å². The van der Waals surface area contributed by atoms with Crippen molar-refractivity contribution in [3.8, 4) is 5.69 Å². The topological polar surface area (TPSA) is 39.9 Å². The van der Waals surface area contributed by atoms with Gasteiger partial charge in [0, 0.05) is 18.8 Å². The van der Waals surface area contributed by atoms with Crippen molar-refractivity contribution in [2.75, 3.05) is 12.4 Å². The maximum absolute atomic E-state index is 5.83. The number of thioether (sulfide) groups is 1. The van der Waals surface area contributed by atoms with Crippen LogP contribution >= 0.6 is 11.8 Å². The van der Waals surface area contributed by atoms with Crippen LogP contribution in [-0.4, -0.2) is 33.2 Å². The van der Waals surface area contributed by atoms with E-state index in [1.807, 2.05) is 0 Å². The zero-order valence-corrected chi connectivity index (χ0v) is 18.9. The number of ether oxygens (including phenoxy) is 1. The number of hydrogen-bond acceptors (Lipinski definition) is 4. The van der Waals surface area contributed by atoms with Crippen molar-refractivity contribution < 1.29 is 4.74 Å². The summed E-state index contributed by atoms with van der Waals surface area (Å²) in [5.41, 5.74) is 4.92. The predicted octanol–water partition coefficient (Wildman–Crippen LogP) is 5.90. The second-order valence-corrected chi connectivity index (χ2v) is 9.27. The van der Waals surface area contributed by atoms with Crippen LogP contribution in [0, 0.1) is 13.8 Å². The first-order chi connectivity index (χ1) is 15.2. The molecule has 1 atom stereocenters. The van der Waals surface area contributed by atoms with Crippen LogP contribution in [0.15, 0.2) is 65.8 Å². The lowest BCUT2D eigenvalue weighted by atomic mass is 10.0. The van der Waals surface area contributed by atoms with Gasteiger partial charge in [-0.25, -0.2) is 0 Å². The summed E-state index contributed by atoms with van der Waals surface area (Å²) < 4.78 is 8.08. The molecule has 0 aliphatic carbocycles. The molecule has 0 saturated carbocycles. The highest BCUT2D eigenvalue weighted by Crippen LogP contribution is 2.29. The Balaban J connectivity index is 1.54.